The summed E-state index contributed by atoms with van der Waals surface area (Å²) in [6.07, 6.45) is 6.14. The van der Waals surface area contributed by atoms with Crippen molar-refractivity contribution in [3.05, 3.63) is 87.4 Å². The Morgan fingerprint density at radius 2 is 1.97 bits per heavy atom. The number of amides is 1. The average Bonchev–Trinajstić information content (AvgIpc) is 3.33. The first-order chi connectivity index (χ1) is 15.0. The maximum atomic E-state index is 12.9. The van der Waals surface area contributed by atoms with Crippen LogP contribution in [0, 0.1) is 10.1 Å². The molecule has 8 nitrogen and oxygen atoms in total. The molecule has 0 spiro atoms. The van der Waals surface area contributed by atoms with Gasteiger partial charge >= 0.3 is 0 Å². The number of carbonyl (C=O) groups is 1. The molecule has 0 unspecified atom stereocenters. The average molecular weight is 441 g/mol. The van der Waals surface area contributed by atoms with Gasteiger partial charge in [-0.2, -0.15) is 0 Å². The fourth-order valence-electron chi connectivity index (χ4n) is 3.92. The third-order valence-electron chi connectivity index (χ3n) is 5.71. The van der Waals surface area contributed by atoms with Gasteiger partial charge in [-0.25, -0.2) is 4.98 Å². The molecular formula is C22H21ClN4O4. The standard InChI is InChI=1S/C22H21ClN4O4/c23-18-4-2-17(3-5-18)22(7-11-31-12-8-22)14-25-21(28)16-1-6-19(20(13-16)27(29)30)26-10-9-24-15-26/h1-6,9-10,13,15H,7-8,11-12,14H2,(H,25,28). The molecule has 2 heterocycles. The van der Waals surface area contributed by atoms with Gasteiger partial charge in [-0.1, -0.05) is 23.7 Å². The molecule has 2 aromatic carbocycles. The first-order valence-electron chi connectivity index (χ1n) is 9.87. The van der Waals surface area contributed by atoms with Crippen LogP contribution in [0.2, 0.25) is 5.02 Å². The topological polar surface area (TPSA) is 99.3 Å². The molecule has 0 bridgehead atoms. The summed E-state index contributed by atoms with van der Waals surface area (Å²) in [5.74, 6) is -0.361. The van der Waals surface area contributed by atoms with Gasteiger partial charge in [0.1, 0.15) is 5.69 Å². The zero-order chi connectivity index (χ0) is 21.8. The molecule has 1 aliphatic heterocycles. The SMILES string of the molecule is O=C(NCC1(c2ccc(Cl)cc2)CCOCC1)c1ccc(-n2ccnc2)c([N+](=O)[O-])c1. The normalized spacial score (nSPS) is 15.4. The van der Waals surface area contributed by atoms with Crippen LogP contribution in [0.5, 0.6) is 0 Å². The Morgan fingerprint density at radius 1 is 1.23 bits per heavy atom. The van der Waals surface area contributed by atoms with E-state index in [1.54, 1.807) is 18.3 Å². The first kappa shape index (κ1) is 21.0. The number of ether oxygens (including phenoxy) is 1. The summed E-state index contributed by atoms with van der Waals surface area (Å²) in [7, 11) is 0. The van der Waals surface area contributed by atoms with Crippen LogP contribution in [0.4, 0.5) is 5.69 Å². The van der Waals surface area contributed by atoms with Crippen LogP contribution < -0.4 is 5.32 Å². The van der Waals surface area contributed by atoms with Gasteiger partial charge in [-0.15, -0.1) is 0 Å². The number of nitro benzene ring substituents is 1. The van der Waals surface area contributed by atoms with Gasteiger partial charge in [0.25, 0.3) is 11.6 Å². The van der Waals surface area contributed by atoms with E-state index >= 15 is 0 Å². The summed E-state index contributed by atoms with van der Waals surface area (Å²) in [5.41, 5.74) is 1.22. The van der Waals surface area contributed by atoms with Crippen LogP contribution in [0.15, 0.2) is 61.2 Å². The highest BCUT2D eigenvalue weighted by Crippen LogP contribution is 2.35. The van der Waals surface area contributed by atoms with Crippen LogP contribution in [0.3, 0.4) is 0 Å². The summed E-state index contributed by atoms with van der Waals surface area (Å²) in [4.78, 5) is 27.9. The van der Waals surface area contributed by atoms with Crippen LogP contribution in [-0.2, 0) is 10.2 Å². The fraction of sp³-hybridized carbons (Fsp3) is 0.273. The molecule has 1 amide bonds. The molecule has 31 heavy (non-hydrogen) atoms. The number of nitrogens with zero attached hydrogens (tertiary/aromatic N) is 3. The lowest BCUT2D eigenvalue weighted by molar-refractivity contribution is -0.384. The summed E-state index contributed by atoms with van der Waals surface area (Å²) in [6.45, 7) is 1.60. The van der Waals surface area contributed by atoms with Gasteiger partial charge in [0.05, 0.1) is 11.3 Å². The lowest BCUT2D eigenvalue weighted by atomic mass is 9.74. The minimum atomic E-state index is -0.500. The zero-order valence-corrected chi connectivity index (χ0v) is 17.4. The minimum absolute atomic E-state index is 0.163. The third kappa shape index (κ3) is 4.45. The Morgan fingerprint density at radius 3 is 2.61 bits per heavy atom. The molecule has 1 aromatic heterocycles. The fourth-order valence-corrected chi connectivity index (χ4v) is 4.04. The van der Waals surface area contributed by atoms with Crippen LogP contribution in [0.25, 0.3) is 5.69 Å². The lowest BCUT2D eigenvalue weighted by Crippen LogP contribution is -2.44. The number of hydrogen-bond acceptors (Lipinski definition) is 5. The van der Waals surface area contributed by atoms with E-state index in [2.05, 4.69) is 10.3 Å². The quantitative estimate of drug-likeness (QED) is 0.462. The van der Waals surface area contributed by atoms with E-state index in [0.717, 1.165) is 18.4 Å². The molecule has 0 aliphatic carbocycles. The maximum absolute atomic E-state index is 12.9. The second-order valence-corrected chi connectivity index (χ2v) is 7.95. The molecule has 9 heteroatoms. The van der Waals surface area contributed by atoms with Gasteiger partial charge < -0.3 is 14.6 Å². The summed E-state index contributed by atoms with van der Waals surface area (Å²) < 4.78 is 7.07. The van der Waals surface area contributed by atoms with Crippen LogP contribution >= 0.6 is 11.6 Å². The smallest absolute Gasteiger partial charge is 0.294 e. The lowest BCUT2D eigenvalue weighted by Gasteiger charge is -2.38. The number of aromatic nitrogens is 2. The largest absolute Gasteiger partial charge is 0.381 e. The van der Waals surface area contributed by atoms with E-state index in [4.69, 9.17) is 16.3 Å². The van der Waals surface area contributed by atoms with E-state index in [1.807, 2.05) is 24.3 Å². The first-order valence-corrected chi connectivity index (χ1v) is 10.3. The second kappa shape index (κ2) is 8.87. The van der Waals surface area contributed by atoms with Crippen molar-refractivity contribution in [1.82, 2.24) is 14.9 Å². The Balaban J connectivity index is 1.56. The Labute approximate surface area is 184 Å². The van der Waals surface area contributed by atoms with Crippen LogP contribution in [0.1, 0.15) is 28.8 Å². The van der Waals surface area contributed by atoms with Crippen molar-refractivity contribution in [2.45, 2.75) is 18.3 Å². The number of imidazole rings is 1. The van der Waals surface area contributed by atoms with Gasteiger partial charge in [-0.3, -0.25) is 14.9 Å². The van der Waals surface area contributed by atoms with Crippen molar-refractivity contribution in [3.63, 3.8) is 0 Å². The number of hydrogen-bond donors (Lipinski definition) is 1. The second-order valence-electron chi connectivity index (χ2n) is 7.51. The van der Waals surface area contributed by atoms with Crippen molar-refractivity contribution >= 4 is 23.2 Å². The molecule has 1 saturated heterocycles. The predicted octanol–water partition coefficient (Wildman–Crippen LogP) is 3.91. The monoisotopic (exact) mass is 440 g/mol. The van der Waals surface area contributed by atoms with E-state index in [-0.39, 0.29) is 22.6 Å². The van der Waals surface area contributed by atoms with Crippen molar-refractivity contribution in [3.8, 4) is 5.69 Å². The zero-order valence-electron chi connectivity index (χ0n) is 16.7. The van der Waals surface area contributed by atoms with Crippen molar-refractivity contribution in [2.75, 3.05) is 19.8 Å². The molecule has 4 rings (SSSR count). The molecule has 3 aromatic rings. The van der Waals surface area contributed by atoms with E-state index in [0.29, 0.717) is 30.5 Å². The third-order valence-corrected chi connectivity index (χ3v) is 5.96. The van der Waals surface area contributed by atoms with E-state index in [1.165, 1.54) is 23.2 Å². The molecule has 0 saturated carbocycles. The summed E-state index contributed by atoms with van der Waals surface area (Å²) >= 11 is 6.04. The number of benzene rings is 2. The molecule has 1 fully saturated rings. The minimum Gasteiger partial charge on any atom is -0.381 e. The summed E-state index contributed by atoms with van der Waals surface area (Å²) in [6, 6.07) is 12.1. The molecular weight excluding hydrogens is 420 g/mol. The highest BCUT2D eigenvalue weighted by molar-refractivity contribution is 6.30. The van der Waals surface area contributed by atoms with E-state index < -0.39 is 4.92 Å². The van der Waals surface area contributed by atoms with E-state index in [9.17, 15) is 14.9 Å². The van der Waals surface area contributed by atoms with Crippen molar-refractivity contribution in [2.24, 2.45) is 0 Å². The predicted molar refractivity (Wildman–Crippen MR) is 116 cm³/mol. The molecule has 0 radical (unpaired) electrons. The molecule has 0 atom stereocenters. The van der Waals surface area contributed by atoms with Gasteiger partial charge in [0.2, 0.25) is 0 Å². The van der Waals surface area contributed by atoms with Crippen molar-refractivity contribution < 1.29 is 14.5 Å². The number of nitrogens with one attached hydrogen (secondary N) is 1. The molecule has 1 aliphatic rings. The van der Waals surface area contributed by atoms with Gasteiger partial charge in [0, 0.05) is 54.2 Å². The van der Waals surface area contributed by atoms with Crippen molar-refractivity contribution in [1.29, 1.82) is 0 Å². The number of rotatable bonds is 6. The maximum Gasteiger partial charge on any atom is 0.294 e. The van der Waals surface area contributed by atoms with Crippen LogP contribution in [-0.4, -0.2) is 40.1 Å². The Hall–Kier alpha value is -3.23. The Kier molecular flexibility index (Phi) is 6.01. The molecule has 160 valence electrons. The highest BCUT2D eigenvalue weighted by atomic mass is 35.5. The number of halogens is 1. The molecule has 1 N–H and O–H groups in total. The highest BCUT2D eigenvalue weighted by Gasteiger charge is 2.35. The van der Waals surface area contributed by atoms with Gasteiger partial charge in [-0.05, 0) is 42.7 Å². The van der Waals surface area contributed by atoms with Gasteiger partial charge in [0.15, 0.2) is 0 Å². The number of nitro groups is 1. The number of carbonyl (C=O) groups excluding carboxylic acids is 1. The Bertz CT molecular complexity index is 1080. The summed E-state index contributed by atoms with van der Waals surface area (Å²) in [5, 5.41) is 15.2.